The first kappa shape index (κ1) is 10.6. The zero-order valence-electron chi connectivity index (χ0n) is 9.55. The van der Waals surface area contributed by atoms with Crippen LogP contribution < -0.4 is 0 Å². The van der Waals surface area contributed by atoms with Gasteiger partial charge >= 0.3 is 0 Å². The summed E-state index contributed by atoms with van der Waals surface area (Å²) in [4.78, 5) is 0. The van der Waals surface area contributed by atoms with E-state index < -0.39 is 8.32 Å². The van der Waals surface area contributed by atoms with Crippen LogP contribution in [0.2, 0.25) is 19.1 Å². The lowest BCUT2D eigenvalue weighted by molar-refractivity contribution is -0.0592. The molecule has 1 N–H and O–H groups in total. The minimum Gasteiger partial charge on any atom is -0.414 e. The van der Waals surface area contributed by atoms with Crippen LogP contribution in [0.3, 0.4) is 0 Å². The Balaban J connectivity index is 2.22. The normalized spacial score (nSPS) is 46.3. The molecule has 1 aliphatic heterocycles. The Morgan fingerprint density at radius 2 is 2.21 bits per heavy atom. The van der Waals surface area contributed by atoms with E-state index in [1.54, 1.807) is 0 Å². The molecule has 2 rings (SSSR count). The van der Waals surface area contributed by atoms with E-state index in [2.05, 4.69) is 20.0 Å². The van der Waals surface area contributed by atoms with Crippen molar-refractivity contribution >= 4 is 8.32 Å². The molecule has 0 aromatic carbocycles. The van der Waals surface area contributed by atoms with Gasteiger partial charge in [-0.3, -0.25) is 0 Å². The maximum atomic E-state index is 10.6. The van der Waals surface area contributed by atoms with E-state index in [9.17, 15) is 5.11 Å². The van der Waals surface area contributed by atoms with E-state index in [1.165, 1.54) is 12.8 Å². The zero-order chi connectivity index (χ0) is 10.4. The lowest BCUT2D eigenvalue weighted by Crippen LogP contribution is -2.56. The largest absolute Gasteiger partial charge is 0.414 e. The van der Waals surface area contributed by atoms with Gasteiger partial charge < -0.3 is 9.53 Å². The maximum absolute atomic E-state index is 10.6. The van der Waals surface area contributed by atoms with Gasteiger partial charge in [0.25, 0.3) is 0 Å². The first-order chi connectivity index (χ1) is 6.47. The minimum absolute atomic E-state index is 0.331. The summed E-state index contributed by atoms with van der Waals surface area (Å²) in [5, 5.41) is 10.6. The maximum Gasteiger partial charge on any atom is 0.190 e. The average molecular weight is 214 g/mol. The molecular formula is C11H22O2Si. The molecule has 1 saturated carbocycles. The second kappa shape index (κ2) is 3.32. The number of hydrogen-bond donors (Lipinski definition) is 1. The Morgan fingerprint density at radius 1 is 1.50 bits per heavy atom. The molecule has 0 amide bonds. The lowest BCUT2D eigenvalue weighted by atomic mass is 9.86. The minimum atomic E-state index is -1.58. The Hall–Kier alpha value is 0.137. The Morgan fingerprint density at radius 3 is 2.86 bits per heavy atom. The van der Waals surface area contributed by atoms with Crippen molar-refractivity contribution < 1.29 is 9.53 Å². The van der Waals surface area contributed by atoms with Crippen LogP contribution in [-0.2, 0) is 4.43 Å². The molecule has 1 saturated heterocycles. The SMILES string of the molecule is CC[C@@H]1O[Si](C)(C)C[C@]2(O)CCC[C@H]12. The fourth-order valence-electron chi connectivity index (χ4n) is 3.47. The van der Waals surface area contributed by atoms with Gasteiger partial charge in [0.15, 0.2) is 8.32 Å². The highest BCUT2D eigenvalue weighted by Crippen LogP contribution is 2.48. The van der Waals surface area contributed by atoms with Crippen molar-refractivity contribution in [2.75, 3.05) is 0 Å². The van der Waals surface area contributed by atoms with E-state index in [4.69, 9.17) is 4.43 Å². The van der Waals surface area contributed by atoms with Gasteiger partial charge in [-0.1, -0.05) is 13.3 Å². The zero-order valence-corrected chi connectivity index (χ0v) is 10.5. The first-order valence-electron chi connectivity index (χ1n) is 5.87. The van der Waals surface area contributed by atoms with Crippen LogP contribution >= 0.6 is 0 Å². The smallest absolute Gasteiger partial charge is 0.190 e. The van der Waals surface area contributed by atoms with E-state index in [-0.39, 0.29) is 5.60 Å². The predicted octanol–water partition coefficient (Wildman–Crippen LogP) is 2.53. The van der Waals surface area contributed by atoms with Crippen molar-refractivity contribution in [1.29, 1.82) is 0 Å². The van der Waals surface area contributed by atoms with Crippen molar-refractivity contribution in [2.24, 2.45) is 5.92 Å². The van der Waals surface area contributed by atoms with Crippen molar-refractivity contribution in [2.45, 2.75) is 63.5 Å². The molecule has 14 heavy (non-hydrogen) atoms. The Bertz CT molecular complexity index is 229. The Labute approximate surface area is 87.8 Å². The fraction of sp³-hybridized carbons (Fsp3) is 1.00. The van der Waals surface area contributed by atoms with E-state index >= 15 is 0 Å². The van der Waals surface area contributed by atoms with Crippen LogP contribution in [0.15, 0.2) is 0 Å². The van der Waals surface area contributed by atoms with Gasteiger partial charge in [-0.15, -0.1) is 0 Å². The van der Waals surface area contributed by atoms with Gasteiger partial charge in [0.1, 0.15) is 0 Å². The van der Waals surface area contributed by atoms with Gasteiger partial charge in [-0.25, -0.2) is 0 Å². The van der Waals surface area contributed by atoms with Gasteiger partial charge in [0.05, 0.1) is 11.7 Å². The summed E-state index contributed by atoms with van der Waals surface area (Å²) in [6, 6.07) is 0.946. The molecule has 3 atom stereocenters. The fourth-order valence-corrected chi connectivity index (χ4v) is 6.62. The molecule has 0 bridgehead atoms. The summed E-state index contributed by atoms with van der Waals surface area (Å²) >= 11 is 0. The molecule has 2 fully saturated rings. The van der Waals surface area contributed by atoms with Crippen molar-refractivity contribution in [3.05, 3.63) is 0 Å². The molecule has 2 nitrogen and oxygen atoms in total. The second-order valence-electron chi connectivity index (χ2n) is 5.60. The molecule has 82 valence electrons. The highest BCUT2D eigenvalue weighted by atomic mass is 28.4. The van der Waals surface area contributed by atoms with Crippen LogP contribution in [0.1, 0.15) is 32.6 Å². The van der Waals surface area contributed by atoms with Gasteiger partial charge in [0.2, 0.25) is 0 Å². The van der Waals surface area contributed by atoms with Crippen LogP contribution in [0.5, 0.6) is 0 Å². The first-order valence-corrected chi connectivity index (χ1v) is 8.99. The molecular weight excluding hydrogens is 192 g/mol. The number of hydrogen-bond acceptors (Lipinski definition) is 2. The van der Waals surface area contributed by atoms with Crippen LogP contribution in [0.25, 0.3) is 0 Å². The van der Waals surface area contributed by atoms with Crippen LogP contribution in [0, 0.1) is 5.92 Å². The number of fused-ring (bicyclic) bond motifs is 1. The molecule has 1 aliphatic carbocycles. The van der Waals surface area contributed by atoms with Gasteiger partial charge in [0, 0.05) is 5.92 Å². The molecule has 3 heteroatoms. The highest BCUT2D eigenvalue weighted by molar-refractivity contribution is 6.71. The highest BCUT2D eigenvalue weighted by Gasteiger charge is 2.53. The number of aliphatic hydroxyl groups is 1. The second-order valence-corrected chi connectivity index (χ2v) is 9.71. The third-order valence-electron chi connectivity index (χ3n) is 3.87. The van der Waals surface area contributed by atoms with Gasteiger partial charge in [-0.2, -0.15) is 0 Å². The molecule has 0 unspecified atom stereocenters. The molecule has 0 spiro atoms. The molecule has 2 aliphatic rings. The Kier molecular flexibility index (Phi) is 2.53. The van der Waals surface area contributed by atoms with E-state index in [0.29, 0.717) is 12.0 Å². The monoisotopic (exact) mass is 214 g/mol. The average Bonchev–Trinajstić information content (AvgIpc) is 2.42. The summed E-state index contributed by atoms with van der Waals surface area (Å²) in [6.45, 7) is 6.66. The van der Waals surface area contributed by atoms with Crippen LogP contribution in [-0.4, -0.2) is 25.1 Å². The third kappa shape index (κ3) is 1.66. The summed E-state index contributed by atoms with van der Waals surface area (Å²) in [5.41, 5.74) is -0.366. The van der Waals surface area contributed by atoms with Crippen molar-refractivity contribution in [3.63, 3.8) is 0 Å². The molecule has 1 heterocycles. The lowest BCUT2D eigenvalue weighted by Gasteiger charge is -2.47. The van der Waals surface area contributed by atoms with Crippen molar-refractivity contribution in [1.82, 2.24) is 0 Å². The predicted molar refractivity (Wildman–Crippen MR) is 59.7 cm³/mol. The van der Waals surface area contributed by atoms with E-state index in [0.717, 1.165) is 18.9 Å². The molecule has 0 aromatic heterocycles. The molecule has 0 aromatic rings. The summed E-state index contributed by atoms with van der Waals surface area (Å²) in [7, 11) is -1.58. The topological polar surface area (TPSA) is 29.5 Å². The summed E-state index contributed by atoms with van der Waals surface area (Å²) in [5.74, 6) is 0.424. The van der Waals surface area contributed by atoms with Crippen molar-refractivity contribution in [3.8, 4) is 0 Å². The number of rotatable bonds is 1. The van der Waals surface area contributed by atoms with Gasteiger partial charge in [-0.05, 0) is 38.4 Å². The molecule has 0 radical (unpaired) electrons. The third-order valence-corrected chi connectivity index (χ3v) is 6.27. The quantitative estimate of drug-likeness (QED) is 0.680. The van der Waals surface area contributed by atoms with E-state index in [1.807, 2.05) is 0 Å². The standard InChI is InChI=1S/C11H22O2Si/c1-4-10-9-6-5-7-11(9,12)8-14(2,3)13-10/h9-10,12H,4-8H2,1-3H3/t9-,10+,11-/m1/s1. The summed E-state index contributed by atoms with van der Waals surface area (Å²) < 4.78 is 6.18. The van der Waals surface area contributed by atoms with Crippen LogP contribution in [0.4, 0.5) is 0 Å². The summed E-state index contributed by atoms with van der Waals surface area (Å²) in [6.07, 6.45) is 4.75.